The van der Waals surface area contributed by atoms with Gasteiger partial charge in [-0.15, -0.1) is 0 Å². The van der Waals surface area contributed by atoms with Crippen LogP contribution < -0.4 is 4.74 Å². The normalized spacial score (nSPS) is 14.8. The van der Waals surface area contributed by atoms with Crippen molar-refractivity contribution in [3.05, 3.63) is 29.8 Å². The molecule has 1 aromatic rings. The Morgan fingerprint density at radius 3 is 2.08 bits per heavy atom. The molecule has 1 heterocycles. The van der Waals surface area contributed by atoms with E-state index in [1.807, 2.05) is 55.1 Å². The molecule has 0 aliphatic carbocycles. The molecular formula is C18H27N3O3. The molecule has 0 spiro atoms. The molecule has 0 saturated carbocycles. The molecule has 0 N–H and O–H groups in total. The van der Waals surface area contributed by atoms with Crippen molar-refractivity contribution in [2.45, 2.75) is 13.3 Å². The van der Waals surface area contributed by atoms with Crippen LogP contribution in [0.5, 0.6) is 5.75 Å². The van der Waals surface area contributed by atoms with Gasteiger partial charge in [0.05, 0.1) is 0 Å². The Hall–Kier alpha value is -2.08. The van der Waals surface area contributed by atoms with Gasteiger partial charge >= 0.3 is 0 Å². The fourth-order valence-corrected chi connectivity index (χ4v) is 2.55. The van der Waals surface area contributed by atoms with E-state index in [0.717, 1.165) is 12.1 Å². The molecule has 6 heteroatoms. The molecule has 0 bridgehead atoms. The Bertz CT molecular complexity index is 549. The number of hydrogen-bond donors (Lipinski definition) is 0. The third-order valence-corrected chi connectivity index (χ3v) is 4.14. The average Bonchev–Trinajstić information content (AvgIpc) is 2.59. The molecule has 6 nitrogen and oxygen atoms in total. The first-order chi connectivity index (χ1) is 11.5. The van der Waals surface area contributed by atoms with Crippen LogP contribution >= 0.6 is 0 Å². The molecule has 24 heavy (non-hydrogen) atoms. The molecule has 0 radical (unpaired) electrons. The highest BCUT2D eigenvalue weighted by molar-refractivity contribution is 5.79. The zero-order valence-electron chi connectivity index (χ0n) is 14.8. The quantitative estimate of drug-likeness (QED) is 0.779. The van der Waals surface area contributed by atoms with E-state index in [1.54, 1.807) is 4.90 Å². The van der Waals surface area contributed by atoms with Gasteiger partial charge < -0.3 is 19.4 Å². The monoisotopic (exact) mass is 333 g/mol. The summed E-state index contributed by atoms with van der Waals surface area (Å²) in [4.78, 5) is 29.9. The second kappa shape index (κ2) is 8.68. The molecule has 0 atom stereocenters. The molecule has 2 amide bonds. The van der Waals surface area contributed by atoms with Crippen LogP contribution in [0.3, 0.4) is 0 Å². The molecule has 0 aromatic heterocycles. The number of rotatable bonds is 6. The summed E-state index contributed by atoms with van der Waals surface area (Å²) in [5.41, 5.74) is 1.16. The third kappa shape index (κ3) is 5.53. The van der Waals surface area contributed by atoms with Crippen molar-refractivity contribution in [3.8, 4) is 5.75 Å². The Balaban J connectivity index is 1.72. The van der Waals surface area contributed by atoms with Crippen LogP contribution in [0.2, 0.25) is 0 Å². The second-order valence-corrected chi connectivity index (χ2v) is 6.42. The highest BCUT2D eigenvalue weighted by Crippen LogP contribution is 2.12. The number of benzene rings is 1. The summed E-state index contributed by atoms with van der Waals surface area (Å²) in [6, 6.07) is 7.64. The van der Waals surface area contributed by atoms with Crippen molar-refractivity contribution < 1.29 is 14.3 Å². The van der Waals surface area contributed by atoms with Gasteiger partial charge in [0, 0.05) is 39.1 Å². The molecule has 2 rings (SSSR count). The number of nitrogens with zero attached hydrogens (tertiary/aromatic N) is 3. The topological polar surface area (TPSA) is 53.1 Å². The summed E-state index contributed by atoms with van der Waals surface area (Å²) in [7, 11) is 3.91. The number of carbonyl (C=O) groups excluding carboxylic acids is 2. The van der Waals surface area contributed by atoms with E-state index in [0.29, 0.717) is 38.3 Å². The molecule has 1 fully saturated rings. The van der Waals surface area contributed by atoms with E-state index in [2.05, 4.69) is 0 Å². The lowest BCUT2D eigenvalue weighted by Gasteiger charge is -2.35. The first kappa shape index (κ1) is 18.3. The van der Waals surface area contributed by atoms with E-state index < -0.39 is 0 Å². The smallest absolute Gasteiger partial charge is 0.260 e. The molecular weight excluding hydrogens is 306 g/mol. The zero-order chi connectivity index (χ0) is 17.5. The summed E-state index contributed by atoms with van der Waals surface area (Å²) in [6.45, 7) is 5.15. The van der Waals surface area contributed by atoms with Gasteiger partial charge in [0.1, 0.15) is 5.75 Å². The van der Waals surface area contributed by atoms with Crippen LogP contribution in [0, 0.1) is 6.92 Å². The minimum atomic E-state index is -0.0315. The van der Waals surface area contributed by atoms with Crippen molar-refractivity contribution in [2.75, 3.05) is 53.4 Å². The maximum Gasteiger partial charge on any atom is 0.260 e. The molecule has 132 valence electrons. The lowest BCUT2D eigenvalue weighted by molar-refractivity contribution is -0.140. The van der Waals surface area contributed by atoms with Gasteiger partial charge in [-0.1, -0.05) is 17.7 Å². The highest BCUT2D eigenvalue weighted by Gasteiger charge is 2.24. The van der Waals surface area contributed by atoms with Crippen LogP contribution in [0.25, 0.3) is 0 Å². The Labute approximate surface area is 144 Å². The molecule has 1 aromatic carbocycles. The van der Waals surface area contributed by atoms with Crippen molar-refractivity contribution in [2.24, 2.45) is 0 Å². The first-order valence-electron chi connectivity index (χ1n) is 8.35. The zero-order valence-corrected chi connectivity index (χ0v) is 14.8. The molecule has 1 aliphatic rings. The summed E-state index contributed by atoms with van der Waals surface area (Å²) >= 11 is 0. The number of hydrogen-bond acceptors (Lipinski definition) is 4. The predicted molar refractivity (Wildman–Crippen MR) is 93.0 cm³/mol. The van der Waals surface area contributed by atoms with Gasteiger partial charge in [-0.25, -0.2) is 0 Å². The Kier molecular flexibility index (Phi) is 6.61. The number of piperazine rings is 1. The van der Waals surface area contributed by atoms with Crippen LogP contribution in [0.1, 0.15) is 12.0 Å². The maximum atomic E-state index is 12.2. The van der Waals surface area contributed by atoms with Crippen molar-refractivity contribution >= 4 is 11.8 Å². The Morgan fingerprint density at radius 2 is 1.54 bits per heavy atom. The lowest BCUT2D eigenvalue weighted by atomic mass is 10.2. The maximum absolute atomic E-state index is 12.2. The van der Waals surface area contributed by atoms with Crippen molar-refractivity contribution in [3.63, 3.8) is 0 Å². The van der Waals surface area contributed by atoms with Gasteiger partial charge in [0.25, 0.3) is 5.91 Å². The van der Waals surface area contributed by atoms with E-state index in [4.69, 9.17) is 4.74 Å². The van der Waals surface area contributed by atoms with Gasteiger partial charge in [-0.2, -0.15) is 0 Å². The summed E-state index contributed by atoms with van der Waals surface area (Å²) in [5.74, 6) is 0.828. The highest BCUT2D eigenvalue weighted by atomic mass is 16.5. The van der Waals surface area contributed by atoms with Crippen LogP contribution in [-0.4, -0.2) is 79.9 Å². The summed E-state index contributed by atoms with van der Waals surface area (Å²) in [6.07, 6.45) is 0.525. The standard InChI is InChI=1S/C18H27N3O3/c1-15-4-6-16(7-5-15)24-14-18(23)21-12-10-20(11-13-21)17(22)8-9-19(2)3/h4-7H,8-14H2,1-3H3. The SMILES string of the molecule is Cc1ccc(OCC(=O)N2CCN(C(=O)CCN(C)C)CC2)cc1. The van der Waals surface area contributed by atoms with Crippen LogP contribution in [0.15, 0.2) is 24.3 Å². The second-order valence-electron chi connectivity index (χ2n) is 6.42. The van der Waals surface area contributed by atoms with Crippen molar-refractivity contribution in [1.82, 2.24) is 14.7 Å². The lowest BCUT2D eigenvalue weighted by Crippen LogP contribution is -2.51. The van der Waals surface area contributed by atoms with Crippen LogP contribution in [-0.2, 0) is 9.59 Å². The average molecular weight is 333 g/mol. The van der Waals surface area contributed by atoms with E-state index in [9.17, 15) is 9.59 Å². The third-order valence-electron chi connectivity index (χ3n) is 4.14. The fraction of sp³-hybridized carbons (Fsp3) is 0.556. The first-order valence-corrected chi connectivity index (χ1v) is 8.35. The fourth-order valence-electron chi connectivity index (χ4n) is 2.55. The minimum absolute atomic E-state index is 0.0315. The predicted octanol–water partition coefficient (Wildman–Crippen LogP) is 0.996. The van der Waals surface area contributed by atoms with Gasteiger partial charge in [-0.05, 0) is 33.2 Å². The molecule has 0 unspecified atom stereocenters. The minimum Gasteiger partial charge on any atom is -0.484 e. The Morgan fingerprint density at radius 1 is 1.00 bits per heavy atom. The van der Waals surface area contributed by atoms with Gasteiger partial charge in [0.15, 0.2) is 6.61 Å². The number of aryl methyl sites for hydroxylation is 1. The van der Waals surface area contributed by atoms with E-state index in [1.165, 1.54) is 0 Å². The van der Waals surface area contributed by atoms with Gasteiger partial charge in [0.2, 0.25) is 5.91 Å². The van der Waals surface area contributed by atoms with E-state index >= 15 is 0 Å². The van der Waals surface area contributed by atoms with Crippen LogP contribution in [0.4, 0.5) is 0 Å². The number of carbonyl (C=O) groups is 2. The largest absolute Gasteiger partial charge is 0.484 e. The molecule has 1 aliphatic heterocycles. The number of amides is 2. The summed E-state index contributed by atoms with van der Waals surface area (Å²) < 4.78 is 5.54. The van der Waals surface area contributed by atoms with Gasteiger partial charge in [-0.3, -0.25) is 9.59 Å². The van der Waals surface area contributed by atoms with E-state index in [-0.39, 0.29) is 18.4 Å². The van der Waals surface area contributed by atoms with Crippen molar-refractivity contribution in [1.29, 1.82) is 0 Å². The molecule has 1 saturated heterocycles. The number of ether oxygens (including phenoxy) is 1. The summed E-state index contributed by atoms with van der Waals surface area (Å²) in [5, 5.41) is 0.